The van der Waals surface area contributed by atoms with Gasteiger partial charge in [0.15, 0.2) is 0 Å². The van der Waals surface area contributed by atoms with Crippen molar-refractivity contribution in [2.24, 2.45) is 0 Å². The normalized spacial score (nSPS) is 23.8. The summed E-state index contributed by atoms with van der Waals surface area (Å²) in [7, 11) is 0. The molecule has 0 aliphatic carbocycles. The molecule has 6 nitrogen and oxygen atoms in total. The Hall–Kier alpha value is -1.79. The average molecular weight is 350 g/mol. The fourth-order valence-electron chi connectivity index (χ4n) is 3.79. The molecular formula is C17H20ClN3O3. The summed E-state index contributed by atoms with van der Waals surface area (Å²) in [6, 6.07) is 5.68. The second kappa shape index (κ2) is 6.26. The predicted molar refractivity (Wildman–Crippen MR) is 89.0 cm³/mol. The van der Waals surface area contributed by atoms with Gasteiger partial charge in [-0.05, 0) is 29.7 Å². The molecule has 4 rings (SSSR count). The fourth-order valence-corrected chi connectivity index (χ4v) is 3.97. The van der Waals surface area contributed by atoms with Crippen molar-refractivity contribution in [1.29, 1.82) is 0 Å². The topological polar surface area (TPSA) is 53.1 Å². The van der Waals surface area contributed by atoms with Gasteiger partial charge in [0.05, 0.1) is 19.3 Å². The maximum absolute atomic E-state index is 12.8. The molecule has 3 aliphatic rings. The van der Waals surface area contributed by atoms with Crippen LogP contribution in [-0.2, 0) is 16.0 Å². The highest BCUT2D eigenvalue weighted by atomic mass is 35.5. The number of rotatable bonds is 0. The third-order valence-corrected chi connectivity index (χ3v) is 5.29. The van der Waals surface area contributed by atoms with E-state index in [1.807, 2.05) is 23.1 Å². The number of halogens is 1. The van der Waals surface area contributed by atoms with Gasteiger partial charge in [0, 0.05) is 31.2 Å². The van der Waals surface area contributed by atoms with Gasteiger partial charge < -0.3 is 19.4 Å². The molecule has 1 atom stereocenters. The van der Waals surface area contributed by atoms with Gasteiger partial charge in [-0.1, -0.05) is 17.7 Å². The predicted octanol–water partition coefficient (Wildman–Crippen LogP) is 1.53. The van der Waals surface area contributed by atoms with E-state index < -0.39 is 0 Å². The van der Waals surface area contributed by atoms with Crippen molar-refractivity contribution in [3.8, 4) is 0 Å². The Balaban J connectivity index is 1.59. The van der Waals surface area contributed by atoms with Crippen LogP contribution >= 0.6 is 11.6 Å². The molecule has 0 aromatic heterocycles. The Morgan fingerprint density at radius 2 is 1.96 bits per heavy atom. The van der Waals surface area contributed by atoms with Crippen molar-refractivity contribution < 1.29 is 14.3 Å². The van der Waals surface area contributed by atoms with Crippen LogP contribution in [0.4, 0.5) is 4.79 Å². The van der Waals surface area contributed by atoms with Crippen LogP contribution < -0.4 is 0 Å². The third-order valence-electron chi connectivity index (χ3n) is 5.06. The third kappa shape index (κ3) is 2.74. The lowest BCUT2D eigenvalue weighted by Gasteiger charge is -2.45. The van der Waals surface area contributed by atoms with Crippen molar-refractivity contribution in [3.63, 3.8) is 0 Å². The molecule has 0 N–H and O–H groups in total. The molecule has 7 heteroatoms. The summed E-state index contributed by atoms with van der Waals surface area (Å²) in [5.41, 5.74) is 2.29. The molecule has 2 saturated heterocycles. The number of benzene rings is 1. The lowest BCUT2D eigenvalue weighted by Crippen LogP contribution is -2.59. The lowest BCUT2D eigenvalue weighted by atomic mass is 9.91. The zero-order valence-corrected chi connectivity index (χ0v) is 14.2. The first-order valence-electron chi connectivity index (χ1n) is 8.33. The van der Waals surface area contributed by atoms with E-state index >= 15 is 0 Å². The molecule has 0 saturated carbocycles. The number of piperazine rings is 1. The van der Waals surface area contributed by atoms with E-state index in [1.165, 1.54) is 5.56 Å². The minimum atomic E-state index is -0.0984. The summed E-state index contributed by atoms with van der Waals surface area (Å²) in [4.78, 5) is 30.7. The van der Waals surface area contributed by atoms with Gasteiger partial charge in [0.25, 0.3) is 0 Å². The van der Waals surface area contributed by atoms with Crippen LogP contribution in [0.15, 0.2) is 18.2 Å². The molecule has 2 fully saturated rings. The van der Waals surface area contributed by atoms with Gasteiger partial charge in [-0.2, -0.15) is 0 Å². The Bertz CT molecular complexity index is 675. The largest absolute Gasteiger partial charge is 0.378 e. The van der Waals surface area contributed by atoms with E-state index in [1.54, 1.807) is 9.80 Å². The van der Waals surface area contributed by atoms with Crippen LogP contribution in [0.2, 0.25) is 5.02 Å². The molecule has 1 aromatic rings. The van der Waals surface area contributed by atoms with Crippen molar-refractivity contribution in [2.45, 2.75) is 12.5 Å². The van der Waals surface area contributed by atoms with E-state index in [0.717, 1.165) is 12.0 Å². The second-order valence-corrected chi connectivity index (χ2v) is 6.90. The van der Waals surface area contributed by atoms with Gasteiger partial charge in [0.1, 0.15) is 6.54 Å². The zero-order chi connectivity index (χ0) is 16.7. The van der Waals surface area contributed by atoms with Crippen LogP contribution in [-0.4, -0.2) is 72.6 Å². The standard InChI is InChI=1S/C17H20ClN3O3/c18-13-2-1-12-3-4-21-15(14(12)9-13)10-20(11-16(21)22)17(23)19-5-7-24-8-6-19/h1-2,9,15H,3-8,10-11H2. The Morgan fingerprint density at radius 3 is 2.75 bits per heavy atom. The zero-order valence-electron chi connectivity index (χ0n) is 13.4. The van der Waals surface area contributed by atoms with Crippen molar-refractivity contribution in [2.75, 3.05) is 45.9 Å². The fraction of sp³-hybridized carbons (Fsp3) is 0.529. The molecule has 0 spiro atoms. The Kier molecular flexibility index (Phi) is 4.10. The minimum Gasteiger partial charge on any atom is -0.378 e. The SMILES string of the molecule is O=C(N1CCOCC1)N1CC(=O)N2CCc3ccc(Cl)cc3C2C1. The van der Waals surface area contributed by atoms with Gasteiger partial charge in [-0.15, -0.1) is 0 Å². The lowest BCUT2D eigenvalue weighted by molar-refractivity contribution is -0.139. The average Bonchev–Trinajstić information content (AvgIpc) is 2.61. The highest BCUT2D eigenvalue weighted by Gasteiger charge is 2.39. The van der Waals surface area contributed by atoms with Crippen LogP contribution in [0.3, 0.4) is 0 Å². The maximum Gasteiger partial charge on any atom is 0.320 e. The number of morpholine rings is 1. The molecule has 128 valence electrons. The summed E-state index contributed by atoms with van der Waals surface area (Å²) in [6.45, 7) is 3.67. The highest BCUT2D eigenvalue weighted by Crippen LogP contribution is 2.34. The van der Waals surface area contributed by atoms with E-state index in [9.17, 15) is 9.59 Å². The molecule has 1 aromatic carbocycles. The highest BCUT2D eigenvalue weighted by molar-refractivity contribution is 6.30. The molecule has 3 heterocycles. The second-order valence-electron chi connectivity index (χ2n) is 6.46. The van der Waals surface area contributed by atoms with Gasteiger partial charge in [0.2, 0.25) is 5.91 Å². The quantitative estimate of drug-likeness (QED) is 0.714. The number of carbonyl (C=O) groups is 2. The van der Waals surface area contributed by atoms with Crippen LogP contribution in [0.5, 0.6) is 0 Å². The van der Waals surface area contributed by atoms with Crippen LogP contribution in [0.1, 0.15) is 17.2 Å². The first-order valence-corrected chi connectivity index (χ1v) is 8.70. The summed E-state index contributed by atoms with van der Waals surface area (Å²) in [5.74, 6) is 0.0125. The first kappa shape index (κ1) is 15.7. The summed E-state index contributed by atoms with van der Waals surface area (Å²) < 4.78 is 5.30. The van der Waals surface area contributed by atoms with E-state index in [-0.39, 0.29) is 24.5 Å². The van der Waals surface area contributed by atoms with Crippen molar-refractivity contribution in [3.05, 3.63) is 34.3 Å². The molecule has 1 unspecified atom stereocenters. The minimum absolute atomic E-state index is 0.0125. The van der Waals surface area contributed by atoms with E-state index in [4.69, 9.17) is 16.3 Å². The number of hydrogen-bond acceptors (Lipinski definition) is 3. The molecule has 24 heavy (non-hydrogen) atoms. The maximum atomic E-state index is 12.8. The van der Waals surface area contributed by atoms with Gasteiger partial charge in [-0.25, -0.2) is 4.79 Å². The smallest absolute Gasteiger partial charge is 0.320 e. The number of fused-ring (bicyclic) bond motifs is 3. The molecule has 3 aliphatic heterocycles. The van der Waals surface area contributed by atoms with Gasteiger partial charge >= 0.3 is 6.03 Å². The first-order chi connectivity index (χ1) is 11.6. The number of carbonyl (C=O) groups excluding carboxylic acids is 2. The Labute approximate surface area is 145 Å². The monoisotopic (exact) mass is 349 g/mol. The number of urea groups is 1. The van der Waals surface area contributed by atoms with E-state index in [0.29, 0.717) is 44.4 Å². The van der Waals surface area contributed by atoms with Crippen LogP contribution in [0.25, 0.3) is 0 Å². The molecule has 0 bridgehead atoms. The Morgan fingerprint density at radius 1 is 1.17 bits per heavy atom. The number of nitrogens with zero attached hydrogens (tertiary/aromatic N) is 3. The van der Waals surface area contributed by atoms with Crippen LogP contribution in [0, 0.1) is 0 Å². The van der Waals surface area contributed by atoms with Gasteiger partial charge in [-0.3, -0.25) is 4.79 Å². The summed E-state index contributed by atoms with van der Waals surface area (Å²) >= 11 is 6.16. The van der Waals surface area contributed by atoms with E-state index in [2.05, 4.69) is 0 Å². The summed E-state index contributed by atoms with van der Waals surface area (Å²) in [5, 5.41) is 0.666. The molecule has 0 radical (unpaired) electrons. The number of ether oxygens (including phenoxy) is 1. The van der Waals surface area contributed by atoms with Crippen molar-refractivity contribution in [1.82, 2.24) is 14.7 Å². The molecular weight excluding hydrogens is 330 g/mol. The number of hydrogen-bond donors (Lipinski definition) is 0. The number of amides is 3. The van der Waals surface area contributed by atoms with Crippen molar-refractivity contribution >= 4 is 23.5 Å². The molecule has 3 amide bonds. The summed E-state index contributed by atoms with van der Waals surface area (Å²) in [6.07, 6.45) is 0.839.